The molecule has 1 aliphatic carbocycles. The van der Waals surface area contributed by atoms with Crippen LogP contribution in [-0.4, -0.2) is 14.7 Å². The van der Waals surface area contributed by atoms with Crippen molar-refractivity contribution in [1.82, 2.24) is 9.55 Å². The molecule has 5 nitrogen and oxygen atoms in total. The lowest BCUT2D eigenvalue weighted by Gasteiger charge is -2.17. The molecule has 0 aromatic carbocycles. The summed E-state index contributed by atoms with van der Waals surface area (Å²) in [5.41, 5.74) is -0.533. The molecule has 1 fully saturated rings. The summed E-state index contributed by atoms with van der Waals surface area (Å²) in [5.74, 6) is -0.159. The summed E-state index contributed by atoms with van der Waals surface area (Å²) in [6, 6.07) is 0. The van der Waals surface area contributed by atoms with Crippen LogP contribution in [0.15, 0.2) is 9.59 Å². The molecule has 0 amide bonds. The molecule has 0 spiro atoms. The molecule has 0 atom stereocenters. The van der Waals surface area contributed by atoms with Crippen LogP contribution in [0.4, 0.5) is 0 Å². The van der Waals surface area contributed by atoms with Crippen molar-refractivity contribution in [2.24, 2.45) is 5.41 Å². The molecule has 0 bridgehead atoms. The van der Waals surface area contributed by atoms with Crippen molar-refractivity contribution in [2.75, 3.05) is 0 Å². The van der Waals surface area contributed by atoms with E-state index in [0.717, 1.165) is 25.7 Å². The molecule has 1 heterocycles. The van der Waals surface area contributed by atoms with E-state index in [9.17, 15) is 14.7 Å². The molecule has 18 heavy (non-hydrogen) atoms. The van der Waals surface area contributed by atoms with E-state index in [1.54, 1.807) is 6.92 Å². The summed E-state index contributed by atoms with van der Waals surface area (Å²) in [6.45, 7) is 4.42. The fraction of sp³-hybridized carbons (Fsp3) is 0.692. The second kappa shape index (κ2) is 4.63. The molecule has 2 rings (SSSR count). The largest absolute Gasteiger partial charge is 0.494 e. The molecule has 2 N–H and O–H groups in total. The Kier molecular flexibility index (Phi) is 3.32. The summed E-state index contributed by atoms with van der Waals surface area (Å²) < 4.78 is 1.32. The maximum absolute atomic E-state index is 11.8. The normalized spacial score (nSPS) is 16.8. The molecule has 1 aliphatic rings. The van der Waals surface area contributed by atoms with E-state index in [0.29, 0.717) is 18.5 Å². The molecule has 1 aromatic heterocycles. The van der Waals surface area contributed by atoms with Crippen molar-refractivity contribution in [3.8, 4) is 5.88 Å². The Hall–Kier alpha value is -1.52. The first kappa shape index (κ1) is 12.9. The molecule has 1 saturated carbocycles. The van der Waals surface area contributed by atoms with Gasteiger partial charge in [-0.3, -0.25) is 14.3 Å². The van der Waals surface area contributed by atoms with E-state index in [1.807, 2.05) is 0 Å². The number of nitrogens with zero attached hydrogens (tertiary/aromatic N) is 1. The third-order valence-corrected chi connectivity index (χ3v) is 3.85. The maximum atomic E-state index is 11.8. The summed E-state index contributed by atoms with van der Waals surface area (Å²) in [6.07, 6.45) is 4.72. The van der Waals surface area contributed by atoms with Crippen LogP contribution in [0.5, 0.6) is 5.88 Å². The average molecular weight is 252 g/mol. The van der Waals surface area contributed by atoms with Gasteiger partial charge in [-0.05, 0) is 31.1 Å². The highest BCUT2D eigenvalue weighted by Crippen LogP contribution is 2.51. The van der Waals surface area contributed by atoms with Crippen LogP contribution in [-0.2, 0) is 13.0 Å². The van der Waals surface area contributed by atoms with Gasteiger partial charge < -0.3 is 5.11 Å². The highest BCUT2D eigenvalue weighted by atomic mass is 16.3. The van der Waals surface area contributed by atoms with E-state index >= 15 is 0 Å². The van der Waals surface area contributed by atoms with E-state index in [-0.39, 0.29) is 11.3 Å². The van der Waals surface area contributed by atoms with Gasteiger partial charge >= 0.3 is 5.69 Å². The molecule has 5 heteroatoms. The van der Waals surface area contributed by atoms with Gasteiger partial charge in [0.15, 0.2) is 0 Å². The van der Waals surface area contributed by atoms with Crippen molar-refractivity contribution >= 4 is 0 Å². The van der Waals surface area contributed by atoms with Crippen LogP contribution >= 0.6 is 0 Å². The standard InChI is InChI=1S/C13H20N2O3/c1-3-5-13(6-7-13)8-15-11(17)9(4-2)10(16)14-12(15)18/h17H,3-8H2,1-2H3,(H,14,16,18). The molecule has 1 aromatic rings. The zero-order valence-corrected chi connectivity index (χ0v) is 11.0. The molecule has 0 unspecified atom stereocenters. The molecule has 0 saturated heterocycles. The number of aromatic amines is 1. The first-order chi connectivity index (χ1) is 8.53. The van der Waals surface area contributed by atoms with Gasteiger partial charge in [0, 0.05) is 6.54 Å². The Morgan fingerprint density at radius 2 is 2.00 bits per heavy atom. The zero-order chi connectivity index (χ0) is 13.3. The number of rotatable bonds is 5. The lowest BCUT2D eigenvalue weighted by molar-refractivity contribution is 0.326. The topological polar surface area (TPSA) is 75.1 Å². The van der Waals surface area contributed by atoms with Gasteiger partial charge in [-0.25, -0.2) is 4.79 Å². The number of nitrogens with one attached hydrogen (secondary N) is 1. The second-order valence-corrected chi connectivity index (χ2v) is 5.25. The van der Waals surface area contributed by atoms with Crippen molar-refractivity contribution in [2.45, 2.75) is 52.5 Å². The van der Waals surface area contributed by atoms with Gasteiger partial charge in [0.1, 0.15) is 0 Å². The smallest absolute Gasteiger partial charge is 0.331 e. The van der Waals surface area contributed by atoms with E-state index in [1.165, 1.54) is 4.57 Å². The van der Waals surface area contributed by atoms with Gasteiger partial charge in [0.2, 0.25) is 5.88 Å². The summed E-state index contributed by atoms with van der Waals surface area (Å²) in [7, 11) is 0. The van der Waals surface area contributed by atoms with Crippen molar-refractivity contribution in [3.05, 3.63) is 26.4 Å². The molecule has 0 radical (unpaired) electrons. The zero-order valence-electron chi connectivity index (χ0n) is 11.0. The second-order valence-electron chi connectivity index (χ2n) is 5.25. The Labute approximate surface area is 105 Å². The SMILES string of the molecule is CCCC1(Cn2c(O)c(CC)c(=O)[nH]c2=O)CC1. The number of hydrogen-bond donors (Lipinski definition) is 2. The van der Waals surface area contributed by atoms with Crippen molar-refractivity contribution < 1.29 is 5.11 Å². The van der Waals surface area contributed by atoms with E-state index < -0.39 is 11.2 Å². The number of aromatic nitrogens is 2. The van der Waals surface area contributed by atoms with Gasteiger partial charge in [-0.2, -0.15) is 0 Å². The quantitative estimate of drug-likeness (QED) is 0.831. The number of H-pyrrole nitrogens is 1. The first-order valence-electron chi connectivity index (χ1n) is 6.58. The Morgan fingerprint density at radius 1 is 1.33 bits per heavy atom. The van der Waals surface area contributed by atoms with Crippen LogP contribution in [0.1, 0.15) is 45.1 Å². The Bertz CT molecular complexity index is 552. The Balaban J connectivity index is 2.39. The van der Waals surface area contributed by atoms with Gasteiger partial charge in [-0.15, -0.1) is 0 Å². The molecular weight excluding hydrogens is 232 g/mol. The van der Waals surface area contributed by atoms with E-state index in [2.05, 4.69) is 11.9 Å². The highest BCUT2D eigenvalue weighted by Gasteiger charge is 2.42. The number of hydrogen-bond acceptors (Lipinski definition) is 3. The number of aromatic hydroxyl groups is 1. The van der Waals surface area contributed by atoms with Crippen LogP contribution in [0, 0.1) is 5.41 Å². The highest BCUT2D eigenvalue weighted by molar-refractivity contribution is 5.22. The summed E-state index contributed by atoms with van der Waals surface area (Å²) >= 11 is 0. The Morgan fingerprint density at radius 3 is 2.50 bits per heavy atom. The first-order valence-corrected chi connectivity index (χ1v) is 6.58. The third-order valence-electron chi connectivity index (χ3n) is 3.85. The minimum Gasteiger partial charge on any atom is -0.494 e. The lowest BCUT2D eigenvalue weighted by Crippen LogP contribution is -2.34. The van der Waals surface area contributed by atoms with E-state index in [4.69, 9.17) is 0 Å². The summed E-state index contributed by atoms with van der Waals surface area (Å²) in [5, 5.41) is 10.1. The van der Waals surface area contributed by atoms with Crippen LogP contribution in [0.2, 0.25) is 0 Å². The van der Waals surface area contributed by atoms with Crippen LogP contribution in [0.25, 0.3) is 0 Å². The fourth-order valence-corrected chi connectivity index (χ4v) is 2.60. The third kappa shape index (κ3) is 2.21. The van der Waals surface area contributed by atoms with Gasteiger partial charge in [-0.1, -0.05) is 20.3 Å². The monoisotopic (exact) mass is 252 g/mol. The molecular formula is C13H20N2O3. The maximum Gasteiger partial charge on any atom is 0.331 e. The minimum atomic E-state index is -0.503. The predicted octanol–water partition coefficient (Wildman–Crippen LogP) is 1.38. The molecule has 100 valence electrons. The fourth-order valence-electron chi connectivity index (χ4n) is 2.60. The molecule has 0 aliphatic heterocycles. The van der Waals surface area contributed by atoms with Crippen molar-refractivity contribution in [1.29, 1.82) is 0 Å². The lowest BCUT2D eigenvalue weighted by atomic mass is 10.0. The average Bonchev–Trinajstić information content (AvgIpc) is 3.05. The van der Waals surface area contributed by atoms with Crippen LogP contribution < -0.4 is 11.2 Å². The minimum absolute atomic E-state index is 0.152. The summed E-state index contributed by atoms with van der Waals surface area (Å²) in [4.78, 5) is 25.6. The van der Waals surface area contributed by atoms with Crippen LogP contribution in [0.3, 0.4) is 0 Å². The van der Waals surface area contributed by atoms with Gasteiger partial charge in [0.25, 0.3) is 5.56 Å². The van der Waals surface area contributed by atoms with Gasteiger partial charge in [0.05, 0.1) is 5.56 Å². The predicted molar refractivity (Wildman–Crippen MR) is 68.9 cm³/mol. The van der Waals surface area contributed by atoms with Crippen molar-refractivity contribution in [3.63, 3.8) is 0 Å².